The van der Waals surface area contributed by atoms with E-state index in [2.05, 4.69) is 10.1 Å². The van der Waals surface area contributed by atoms with Crippen LogP contribution in [0.25, 0.3) is 11.1 Å². The molecule has 5 nitrogen and oxygen atoms in total. The molecule has 0 saturated carbocycles. The zero-order chi connectivity index (χ0) is 14.3. The van der Waals surface area contributed by atoms with Gasteiger partial charge in [0.25, 0.3) is 11.3 Å². The van der Waals surface area contributed by atoms with Gasteiger partial charge in [0.15, 0.2) is 0 Å². The first kappa shape index (κ1) is 12.5. The summed E-state index contributed by atoms with van der Waals surface area (Å²) >= 11 is 0. The first-order valence-corrected chi connectivity index (χ1v) is 6.14. The molecule has 3 aromatic rings. The lowest BCUT2D eigenvalue weighted by molar-refractivity contribution is 0.441. The Labute approximate surface area is 113 Å². The lowest BCUT2D eigenvalue weighted by Gasteiger charge is -2.09. The van der Waals surface area contributed by atoms with E-state index in [4.69, 9.17) is 4.52 Å². The van der Waals surface area contributed by atoms with Gasteiger partial charge in [0, 0.05) is 0 Å². The fourth-order valence-electron chi connectivity index (χ4n) is 2.17. The Kier molecular flexibility index (Phi) is 2.85. The van der Waals surface area contributed by atoms with Crippen LogP contribution in [0.1, 0.15) is 17.1 Å². The van der Waals surface area contributed by atoms with E-state index in [0.717, 1.165) is 0 Å². The minimum atomic E-state index is -0.330. The highest BCUT2D eigenvalue weighted by Gasteiger charge is 2.15. The van der Waals surface area contributed by atoms with Crippen LogP contribution in [-0.4, -0.2) is 14.7 Å². The number of nitrogens with zero attached hydrogens (tertiary/aromatic N) is 3. The standard InChI is InChI=1S/C14H12FN3O2/c1-8-12-13(20-17-8)16-9(2)18(14(12)19)7-10-4-3-5-11(15)6-10/h3-6H,7H2,1-2H3. The second-order valence-corrected chi connectivity index (χ2v) is 4.63. The van der Waals surface area contributed by atoms with Gasteiger partial charge in [-0.2, -0.15) is 4.98 Å². The molecule has 0 aliphatic heterocycles. The summed E-state index contributed by atoms with van der Waals surface area (Å²) in [5.74, 6) is 0.173. The molecule has 0 saturated heterocycles. The van der Waals surface area contributed by atoms with Crippen molar-refractivity contribution in [1.82, 2.24) is 14.7 Å². The molecule has 0 atom stereocenters. The van der Waals surface area contributed by atoms with Crippen LogP contribution in [0.5, 0.6) is 0 Å². The topological polar surface area (TPSA) is 60.9 Å². The van der Waals surface area contributed by atoms with Crippen molar-refractivity contribution < 1.29 is 8.91 Å². The first-order valence-electron chi connectivity index (χ1n) is 6.14. The van der Waals surface area contributed by atoms with Gasteiger partial charge in [-0.1, -0.05) is 17.3 Å². The summed E-state index contributed by atoms with van der Waals surface area (Å²) in [7, 11) is 0. The summed E-state index contributed by atoms with van der Waals surface area (Å²) in [6.45, 7) is 3.66. The predicted molar refractivity (Wildman–Crippen MR) is 71.0 cm³/mol. The highest BCUT2D eigenvalue weighted by atomic mass is 19.1. The van der Waals surface area contributed by atoms with Crippen LogP contribution in [0, 0.1) is 19.7 Å². The fourth-order valence-corrected chi connectivity index (χ4v) is 2.17. The number of hydrogen-bond donors (Lipinski definition) is 0. The third-order valence-corrected chi connectivity index (χ3v) is 3.19. The van der Waals surface area contributed by atoms with E-state index in [9.17, 15) is 9.18 Å². The quantitative estimate of drug-likeness (QED) is 0.718. The van der Waals surface area contributed by atoms with Crippen molar-refractivity contribution >= 4 is 11.1 Å². The third kappa shape index (κ3) is 1.99. The molecule has 102 valence electrons. The van der Waals surface area contributed by atoms with Crippen LogP contribution in [0.15, 0.2) is 33.6 Å². The summed E-state index contributed by atoms with van der Waals surface area (Å²) in [6.07, 6.45) is 0. The number of aryl methyl sites for hydroxylation is 2. The molecule has 3 rings (SSSR count). The van der Waals surface area contributed by atoms with Crippen molar-refractivity contribution in [3.8, 4) is 0 Å². The van der Waals surface area contributed by atoms with E-state index in [0.29, 0.717) is 22.5 Å². The van der Waals surface area contributed by atoms with Gasteiger partial charge in [0.05, 0.1) is 12.2 Å². The van der Waals surface area contributed by atoms with Crippen molar-refractivity contribution in [3.05, 3.63) is 57.5 Å². The van der Waals surface area contributed by atoms with E-state index in [1.54, 1.807) is 26.0 Å². The summed E-state index contributed by atoms with van der Waals surface area (Å²) in [5.41, 5.74) is 1.21. The smallest absolute Gasteiger partial charge is 0.267 e. The molecule has 0 unspecified atom stereocenters. The normalized spacial score (nSPS) is 11.2. The molecule has 0 amide bonds. The molecule has 1 aromatic carbocycles. The molecule has 2 aromatic heterocycles. The molecule has 0 bridgehead atoms. The molecular weight excluding hydrogens is 261 g/mol. The van der Waals surface area contributed by atoms with E-state index in [-0.39, 0.29) is 23.6 Å². The Balaban J connectivity index is 2.16. The minimum absolute atomic E-state index is 0.226. The summed E-state index contributed by atoms with van der Waals surface area (Å²) < 4.78 is 19.7. The van der Waals surface area contributed by atoms with E-state index in [1.165, 1.54) is 16.7 Å². The Morgan fingerprint density at radius 2 is 2.15 bits per heavy atom. The average Bonchev–Trinajstić information content (AvgIpc) is 2.76. The molecule has 6 heteroatoms. The number of rotatable bonds is 2. The van der Waals surface area contributed by atoms with Gasteiger partial charge in [0.1, 0.15) is 17.0 Å². The maximum absolute atomic E-state index is 13.2. The highest BCUT2D eigenvalue weighted by molar-refractivity contribution is 5.74. The summed E-state index contributed by atoms with van der Waals surface area (Å²) in [6, 6.07) is 6.14. The van der Waals surface area contributed by atoms with Gasteiger partial charge in [-0.15, -0.1) is 0 Å². The van der Waals surface area contributed by atoms with Gasteiger partial charge in [-0.3, -0.25) is 9.36 Å². The molecule has 0 fully saturated rings. The Morgan fingerprint density at radius 1 is 1.35 bits per heavy atom. The van der Waals surface area contributed by atoms with E-state index >= 15 is 0 Å². The lowest BCUT2D eigenvalue weighted by Crippen LogP contribution is -2.24. The van der Waals surface area contributed by atoms with Gasteiger partial charge in [0.2, 0.25) is 0 Å². The van der Waals surface area contributed by atoms with Crippen LogP contribution in [-0.2, 0) is 6.54 Å². The molecule has 0 aliphatic carbocycles. The second-order valence-electron chi connectivity index (χ2n) is 4.63. The largest absolute Gasteiger partial charge is 0.335 e. The van der Waals surface area contributed by atoms with Gasteiger partial charge >= 0.3 is 0 Å². The number of benzene rings is 1. The number of aromatic nitrogens is 3. The molecule has 0 N–H and O–H groups in total. The monoisotopic (exact) mass is 273 g/mol. The maximum Gasteiger partial charge on any atom is 0.267 e. The molecular formula is C14H12FN3O2. The van der Waals surface area contributed by atoms with Crippen LogP contribution in [0.3, 0.4) is 0 Å². The van der Waals surface area contributed by atoms with Gasteiger partial charge < -0.3 is 4.52 Å². The zero-order valence-electron chi connectivity index (χ0n) is 11.1. The fraction of sp³-hybridized carbons (Fsp3) is 0.214. The number of hydrogen-bond acceptors (Lipinski definition) is 4. The van der Waals surface area contributed by atoms with Crippen molar-refractivity contribution in [2.75, 3.05) is 0 Å². The average molecular weight is 273 g/mol. The van der Waals surface area contributed by atoms with Crippen LogP contribution >= 0.6 is 0 Å². The maximum atomic E-state index is 13.2. The van der Waals surface area contributed by atoms with Crippen LogP contribution < -0.4 is 5.56 Å². The summed E-state index contributed by atoms with van der Waals surface area (Å²) in [4.78, 5) is 16.7. The molecule has 0 radical (unpaired) electrons. The highest BCUT2D eigenvalue weighted by Crippen LogP contribution is 2.13. The number of fused-ring (bicyclic) bond motifs is 1. The second kappa shape index (κ2) is 4.56. The van der Waals surface area contributed by atoms with E-state index in [1.807, 2.05) is 0 Å². The van der Waals surface area contributed by atoms with Crippen molar-refractivity contribution in [2.24, 2.45) is 0 Å². The van der Waals surface area contributed by atoms with E-state index < -0.39 is 0 Å². The van der Waals surface area contributed by atoms with Crippen molar-refractivity contribution in [1.29, 1.82) is 0 Å². The first-order chi connectivity index (χ1) is 9.56. The zero-order valence-corrected chi connectivity index (χ0v) is 11.1. The van der Waals surface area contributed by atoms with Crippen LogP contribution in [0.2, 0.25) is 0 Å². The Hall–Kier alpha value is -2.50. The SMILES string of the molecule is Cc1noc2nc(C)n(Cc3cccc(F)c3)c(=O)c12. The van der Waals surface area contributed by atoms with Gasteiger partial charge in [-0.05, 0) is 31.5 Å². The van der Waals surface area contributed by atoms with Crippen molar-refractivity contribution in [2.45, 2.75) is 20.4 Å². The predicted octanol–water partition coefficient (Wildman–Crippen LogP) is 2.19. The Morgan fingerprint density at radius 3 is 2.90 bits per heavy atom. The molecule has 0 aliphatic rings. The minimum Gasteiger partial charge on any atom is -0.335 e. The molecule has 2 heterocycles. The number of halogens is 1. The summed E-state index contributed by atoms with van der Waals surface area (Å²) in [5, 5.41) is 4.12. The molecule has 20 heavy (non-hydrogen) atoms. The van der Waals surface area contributed by atoms with Gasteiger partial charge in [-0.25, -0.2) is 4.39 Å². The Bertz CT molecular complexity index is 851. The third-order valence-electron chi connectivity index (χ3n) is 3.19. The van der Waals surface area contributed by atoms with Crippen LogP contribution in [0.4, 0.5) is 4.39 Å². The lowest BCUT2D eigenvalue weighted by atomic mass is 10.2. The molecule has 0 spiro atoms. The van der Waals surface area contributed by atoms with Crippen molar-refractivity contribution in [3.63, 3.8) is 0 Å².